The van der Waals surface area contributed by atoms with Crippen molar-refractivity contribution in [2.45, 2.75) is 33.1 Å². The summed E-state index contributed by atoms with van der Waals surface area (Å²) in [6.45, 7) is 10.1. The van der Waals surface area contributed by atoms with E-state index >= 15 is 0 Å². The van der Waals surface area contributed by atoms with E-state index in [0.717, 1.165) is 37.1 Å². The molecule has 26 heavy (non-hydrogen) atoms. The van der Waals surface area contributed by atoms with Crippen LogP contribution in [0.3, 0.4) is 0 Å². The van der Waals surface area contributed by atoms with Crippen LogP contribution >= 0.6 is 0 Å². The van der Waals surface area contributed by atoms with Gasteiger partial charge in [0.25, 0.3) is 0 Å². The highest BCUT2D eigenvalue weighted by atomic mass is 16.5. The van der Waals surface area contributed by atoms with E-state index in [0.29, 0.717) is 5.92 Å². The van der Waals surface area contributed by atoms with E-state index < -0.39 is 0 Å². The molecule has 0 spiro atoms. The highest BCUT2D eigenvalue weighted by molar-refractivity contribution is 5.79. The summed E-state index contributed by atoms with van der Waals surface area (Å²) >= 11 is 0. The topological polar surface area (TPSA) is 48.9 Å². The van der Waals surface area contributed by atoms with Crippen molar-refractivity contribution in [2.75, 3.05) is 46.9 Å². The third-order valence-corrected chi connectivity index (χ3v) is 4.87. The lowest BCUT2D eigenvalue weighted by Crippen LogP contribution is -2.45. The van der Waals surface area contributed by atoms with Crippen LogP contribution in [0.15, 0.2) is 29.3 Å². The Kier molecular flexibility index (Phi) is 8.75. The van der Waals surface area contributed by atoms with E-state index in [4.69, 9.17) is 4.74 Å². The number of hydrogen-bond acceptors (Lipinski definition) is 3. The Hall–Kier alpha value is -1.75. The summed E-state index contributed by atoms with van der Waals surface area (Å²) in [5.74, 6) is 3.26. The first-order valence-corrected chi connectivity index (χ1v) is 9.90. The number of guanidine groups is 1. The van der Waals surface area contributed by atoms with Crippen LogP contribution in [0.1, 0.15) is 32.3 Å². The minimum absolute atomic E-state index is 0.711. The summed E-state index contributed by atoms with van der Waals surface area (Å²) in [5.41, 5.74) is 1.30. The maximum atomic E-state index is 5.20. The second kappa shape index (κ2) is 11.1. The van der Waals surface area contributed by atoms with E-state index in [2.05, 4.69) is 46.5 Å². The van der Waals surface area contributed by atoms with Gasteiger partial charge in [0.1, 0.15) is 5.75 Å². The Labute approximate surface area is 159 Å². The quantitative estimate of drug-likeness (QED) is 0.553. The fourth-order valence-corrected chi connectivity index (χ4v) is 3.58. The van der Waals surface area contributed by atoms with Crippen LogP contribution in [0.5, 0.6) is 5.75 Å². The van der Waals surface area contributed by atoms with Gasteiger partial charge in [-0.05, 0) is 55.3 Å². The fraction of sp³-hybridized carbons (Fsp3) is 0.667. The van der Waals surface area contributed by atoms with E-state index in [1.807, 2.05) is 19.2 Å². The first-order valence-electron chi connectivity index (χ1n) is 9.90. The van der Waals surface area contributed by atoms with Crippen molar-refractivity contribution in [2.24, 2.45) is 16.8 Å². The highest BCUT2D eigenvalue weighted by Gasteiger charge is 2.20. The second-order valence-electron chi connectivity index (χ2n) is 7.64. The van der Waals surface area contributed by atoms with Gasteiger partial charge < -0.3 is 20.3 Å². The number of rotatable bonds is 8. The first-order chi connectivity index (χ1) is 12.6. The number of ether oxygens (including phenoxy) is 1. The van der Waals surface area contributed by atoms with Gasteiger partial charge in [-0.15, -0.1) is 0 Å². The van der Waals surface area contributed by atoms with Crippen LogP contribution in [0, 0.1) is 11.8 Å². The number of likely N-dealkylation sites (tertiary alicyclic amines) is 1. The maximum Gasteiger partial charge on any atom is 0.190 e. The molecule has 1 aromatic rings. The zero-order valence-electron chi connectivity index (χ0n) is 16.9. The van der Waals surface area contributed by atoms with Gasteiger partial charge in [-0.25, -0.2) is 0 Å². The van der Waals surface area contributed by atoms with E-state index in [1.165, 1.54) is 38.0 Å². The van der Waals surface area contributed by atoms with Gasteiger partial charge in [0.15, 0.2) is 5.96 Å². The van der Waals surface area contributed by atoms with Gasteiger partial charge in [0, 0.05) is 33.2 Å². The van der Waals surface area contributed by atoms with Crippen LogP contribution in [0.25, 0.3) is 0 Å². The number of aliphatic imine (C=N–C) groups is 1. The molecule has 1 heterocycles. The van der Waals surface area contributed by atoms with E-state index in [1.54, 1.807) is 7.11 Å². The molecular formula is C21H36N4O. The molecule has 5 nitrogen and oxygen atoms in total. The van der Waals surface area contributed by atoms with Gasteiger partial charge in [0.2, 0.25) is 0 Å². The standard InChI is InChI=1S/C21H36N4O/c1-17(2)15-25-13-5-6-19(16-25)14-24-21(22-3)23-12-11-18-7-9-20(26-4)10-8-18/h7-10,17,19H,5-6,11-16H2,1-4H3,(H2,22,23,24). The molecular weight excluding hydrogens is 324 g/mol. The third-order valence-electron chi connectivity index (χ3n) is 4.87. The monoisotopic (exact) mass is 360 g/mol. The molecule has 2 rings (SSSR count). The largest absolute Gasteiger partial charge is 0.497 e. The van der Waals surface area contributed by atoms with Crippen molar-refractivity contribution in [1.82, 2.24) is 15.5 Å². The molecule has 5 heteroatoms. The van der Waals surface area contributed by atoms with Crippen molar-refractivity contribution < 1.29 is 4.74 Å². The Morgan fingerprint density at radius 1 is 1.27 bits per heavy atom. The average Bonchev–Trinajstić information content (AvgIpc) is 2.65. The summed E-state index contributed by atoms with van der Waals surface area (Å²) in [4.78, 5) is 6.97. The zero-order valence-corrected chi connectivity index (χ0v) is 16.9. The predicted octanol–water partition coefficient (Wildman–Crippen LogP) is 2.77. The van der Waals surface area contributed by atoms with Crippen LogP contribution in [0.4, 0.5) is 0 Å². The molecule has 0 aliphatic carbocycles. The average molecular weight is 361 g/mol. The lowest BCUT2D eigenvalue weighted by atomic mass is 9.97. The minimum Gasteiger partial charge on any atom is -0.497 e. The Bertz CT molecular complexity index is 541. The number of benzene rings is 1. The van der Waals surface area contributed by atoms with Crippen molar-refractivity contribution in [3.63, 3.8) is 0 Å². The predicted molar refractivity (Wildman–Crippen MR) is 110 cm³/mol. The number of piperidine rings is 1. The van der Waals surface area contributed by atoms with Crippen LogP contribution in [-0.4, -0.2) is 57.7 Å². The minimum atomic E-state index is 0.711. The third kappa shape index (κ3) is 7.24. The molecule has 1 fully saturated rings. The molecule has 1 aliphatic rings. The van der Waals surface area contributed by atoms with Crippen LogP contribution in [0.2, 0.25) is 0 Å². The summed E-state index contributed by atoms with van der Waals surface area (Å²) in [5, 5.41) is 6.93. The lowest BCUT2D eigenvalue weighted by Gasteiger charge is -2.34. The first kappa shape index (κ1) is 20.6. The second-order valence-corrected chi connectivity index (χ2v) is 7.64. The molecule has 0 bridgehead atoms. The van der Waals surface area contributed by atoms with Gasteiger partial charge in [-0.2, -0.15) is 0 Å². The number of methoxy groups -OCH3 is 1. The van der Waals surface area contributed by atoms with Crippen LogP contribution in [-0.2, 0) is 6.42 Å². The molecule has 0 amide bonds. The number of nitrogens with zero attached hydrogens (tertiary/aromatic N) is 2. The van der Waals surface area contributed by atoms with Crippen molar-refractivity contribution in [1.29, 1.82) is 0 Å². The molecule has 0 aromatic heterocycles. The van der Waals surface area contributed by atoms with Crippen molar-refractivity contribution in [3.05, 3.63) is 29.8 Å². The Balaban J connectivity index is 1.68. The molecule has 1 aromatic carbocycles. The number of nitrogens with one attached hydrogen (secondary N) is 2. The maximum absolute atomic E-state index is 5.20. The summed E-state index contributed by atoms with van der Waals surface area (Å²) in [6, 6.07) is 8.24. The van der Waals surface area contributed by atoms with Gasteiger partial charge in [-0.1, -0.05) is 26.0 Å². The normalized spacial score (nSPS) is 18.8. The van der Waals surface area contributed by atoms with Crippen molar-refractivity contribution >= 4 is 5.96 Å². The summed E-state index contributed by atoms with van der Waals surface area (Å²) in [6.07, 6.45) is 3.59. The molecule has 0 radical (unpaired) electrons. The molecule has 1 atom stereocenters. The molecule has 1 saturated heterocycles. The molecule has 0 saturated carbocycles. The molecule has 1 aliphatic heterocycles. The summed E-state index contributed by atoms with van der Waals surface area (Å²) in [7, 11) is 3.54. The number of hydrogen-bond donors (Lipinski definition) is 2. The molecule has 2 N–H and O–H groups in total. The molecule has 146 valence electrons. The van der Waals surface area contributed by atoms with E-state index in [9.17, 15) is 0 Å². The lowest BCUT2D eigenvalue weighted by molar-refractivity contribution is 0.159. The fourth-order valence-electron chi connectivity index (χ4n) is 3.58. The van der Waals surface area contributed by atoms with Gasteiger partial charge >= 0.3 is 0 Å². The summed E-state index contributed by atoms with van der Waals surface area (Å²) < 4.78 is 5.20. The van der Waals surface area contributed by atoms with Gasteiger partial charge in [-0.3, -0.25) is 4.99 Å². The molecule has 1 unspecified atom stereocenters. The Morgan fingerprint density at radius 2 is 2.04 bits per heavy atom. The highest BCUT2D eigenvalue weighted by Crippen LogP contribution is 2.16. The van der Waals surface area contributed by atoms with E-state index in [-0.39, 0.29) is 0 Å². The Morgan fingerprint density at radius 3 is 2.69 bits per heavy atom. The van der Waals surface area contributed by atoms with Crippen molar-refractivity contribution in [3.8, 4) is 5.75 Å². The SMILES string of the molecule is CN=C(NCCc1ccc(OC)cc1)NCC1CCCN(CC(C)C)C1. The van der Waals surface area contributed by atoms with Gasteiger partial charge in [0.05, 0.1) is 7.11 Å². The van der Waals surface area contributed by atoms with Crippen LogP contribution < -0.4 is 15.4 Å². The zero-order chi connectivity index (χ0) is 18.8. The smallest absolute Gasteiger partial charge is 0.190 e.